The Morgan fingerprint density at radius 2 is 1.46 bits per heavy atom. The predicted octanol–water partition coefficient (Wildman–Crippen LogP) is 1.70. The molecule has 24 heavy (non-hydrogen) atoms. The third-order valence-corrected chi connectivity index (χ3v) is 4.22. The van der Waals surface area contributed by atoms with Crippen molar-refractivity contribution in [2.45, 2.75) is 36.2 Å². The zero-order valence-corrected chi connectivity index (χ0v) is 12.6. The number of hydrogen-bond donors (Lipinski definition) is 0. The molecule has 0 saturated carbocycles. The van der Waals surface area contributed by atoms with E-state index < -0.39 is 45.4 Å². The molecule has 0 aliphatic carbocycles. The molecule has 0 aliphatic rings. The summed E-state index contributed by atoms with van der Waals surface area (Å²) >= 11 is 0. The quantitative estimate of drug-likeness (QED) is 0.575. The molecule has 0 atom stereocenters. The zero-order valence-electron chi connectivity index (χ0n) is 11.7. The molecule has 1 rings (SSSR count). The van der Waals surface area contributed by atoms with Crippen LogP contribution < -0.4 is 5.11 Å². The van der Waals surface area contributed by atoms with E-state index in [2.05, 4.69) is 4.18 Å². The van der Waals surface area contributed by atoms with E-state index in [1.54, 1.807) is 0 Å². The van der Waals surface area contributed by atoms with Crippen LogP contribution in [0.2, 0.25) is 0 Å². The Hall–Kier alpha value is -1.82. The third kappa shape index (κ3) is 3.98. The van der Waals surface area contributed by atoms with Gasteiger partial charge < -0.3 is 9.90 Å². The summed E-state index contributed by atoms with van der Waals surface area (Å²) in [6, 6.07) is 3.66. The summed E-state index contributed by atoms with van der Waals surface area (Å²) in [5, 5.41) is 10.4. The molecule has 5 nitrogen and oxygen atoms in total. The second kappa shape index (κ2) is 6.24. The molecule has 1 aromatic rings. The monoisotopic (exact) mass is 379 g/mol. The van der Waals surface area contributed by atoms with Crippen LogP contribution in [-0.2, 0) is 19.1 Å². The van der Waals surface area contributed by atoms with Crippen LogP contribution in [0, 0.1) is 6.92 Å². The second-order valence-corrected chi connectivity index (χ2v) is 6.27. The van der Waals surface area contributed by atoms with Crippen molar-refractivity contribution in [2.24, 2.45) is 0 Å². The van der Waals surface area contributed by atoms with Crippen LogP contribution in [0.1, 0.15) is 12.0 Å². The molecule has 0 aliphatic heterocycles. The van der Waals surface area contributed by atoms with Crippen molar-refractivity contribution in [3.05, 3.63) is 29.8 Å². The first-order valence-corrected chi connectivity index (χ1v) is 7.39. The standard InChI is InChI=1S/C12H10F6O5S/c1-7-2-4-8(5-3-7)24(21,22)23-10(6-9(19)20,11(13,14)15)12(16,17)18/h2-5H,6H2,1H3,(H,19,20)/p-1. The molecular formula is C12H9F6O5S-. The molecule has 1 aromatic carbocycles. The molecule has 0 fully saturated rings. The largest absolute Gasteiger partial charge is 0.550 e. The number of carbonyl (C=O) groups excluding carboxylic acids is 1. The lowest BCUT2D eigenvalue weighted by molar-refractivity contribution is -0.370. The predicted molar refractivity (Wildman–Crippen MR) is 63.9 cm³/mol. The summed E-state index contributed by atoms with van der Waals surface area (Å²) in [6.07, 6.45) is -15.5. The molecule has 0 heterocycles. The Bertz CT molecular complexity index is 691. The SMILES string of the molecule is Cc1ccc(S(=O)(=O)OC(CC(=O)[O-])(C(F)(F)F)C(F)(F)F)cc1. The summed E-state index contributed by atoms with van der Waals surface area (Å²) in [5.74, 6) is -2.79. The van der Waals surface area contributed by atoms with Gasteiger partial charge in [0.15, 0.2) is 0 Å². The molecular weight excluding hydrogens is 370 g/mol. The molecule has 12 heteroatoms. The van der Waals surface area contributed by atoms with Crippen LogP contribution in [0.4, 0.5) is 26.3 Å². The van der Waals surface area contributed by atoms with Gasteiger partial charge in [0.05, 0.1) is 4.90 Å². The van der Waals surface area contributed by atoms with E-state index in [9.17, 15) is 44.7 Å². The highest BCUT2D eigenvalue weighted by Gasteiger charge is 2.74. The summed E-state index contributed by atoms with van der Waals surface area (Å²) in [6.45, 7) is 1.49. The fourth-order valence-corrected chi connectivity index (χ4v) is 2.82. The molecule has 0 N–H and O–H groups in total. The van der Waals surface area contributed by atoms with E-state index in [0.717, 1.165) is 24.3 Å². The van der Waals surface area contributed by atoms with Gasteiger partial charge in [-0.3, -0.25) is 0 Å². The smallest absolute Gasteiger partial charge is 0.428 e. The molecule has 0 aromatic heterocycles. The van der Waals surface area contributed by atoms with Gasteiger partial charge in [-0.1, -0.05) is 17.7 Å². The highest BCUT2D eigenvalue weighted by Crippen LogP contribution is 2.49. The maximum atomic E-state index is 12.9. The number of hydrogen-bond acceptors (Lipinski definition) is 5. The minimum absolute atomic E-state index is 0.474. The normalized spacial score (nSPS) is 13.8. The first kappa shape index (κ1) is 20.2. The van der Waals surface area contributed by atoms with Gasteiger partial charge in [0.1, 0.15) is 0 Å². The van der Waals surface area contributed by atoms with Gasteiger partial charge in [0.25, 0.3) is 15.7 Å². The van der Waals surface area contributed by atoms with Gasteiger partial charge in [0, 0.05) is 12.4 Å². The lowest BCUT2D eigenvalue weighted by Crippen LogP contribution is -2.61. The number of alkyl halides is 6. The Morgan fingerprint density at radius 3 is 1.79 bits per heavy atom. The minimum atomic E-state index is -6.39. The highest BCUT2D eigenvalue weighted by molar-refractivity contribution is 7.86. The van der Waals surface area contributed by atoms with Crippen LogP contribution in [-0.4, -0.2) is 32.3 Å². The number of carboxylic acids is 1. The number of aliphatic carboxylic acids is 1. The molecule has 0 unspecified atom stereocenters. The van der Waals surface area contributed by atoms with Gasteiger partial charge in [-0.15, -0.1) is 0 Å². The molecule has 0 radical (unpaired) electrons. The van der Waals surface area contributed by atoms with Gasteiger partial charge in [-0.05, 0) is 19.1 Å². The Morgan fingerprint density at radius 1 is 1.04 bits per heavy atom. The first-order valence-electron chi connectivity index (χ1n) is 5.98. The number of benzene rings is 1. The van der Waals surface area contributed by atoms with Crippen LogP contribution in [0.3, 0.4) is 0 Å². The van der Waals surface area contributed by atoms with E-state index in [0.29, 0.717) is 5.56 Å². The first-order chi connectivity index (χ1) is 10.6. The summed E-state index contributed by atoms with van der Waals surface area (Å²) < 4.78 is 105. The molecule has 136 valence electrons. The Kier molecular flexibility index (Phi) is 5.26. The van der Waals surface area contributed by atoms with E-state index in [1.807, 2.05) is 0 Å². The van der Waals surface area contributed by atoms with Gasteiger partial charge in [-0.2, -0.15) is 34.8 Å². The van der Waals surface area contributed by atoms with E-state index >= 15 is 0 Å². The van der Waals surface area contributed by atoms with Gasteiger partial charge in [-0.25, -0.2) is 4.18 Å². The van der Waals surface area contributed by atoms with E-state index in [1.165, 1.54) is 6.92 Å². The Balaban J connectivity index is 3.51. The van der Waals surface area contributed by atoms with Crippen molar-refractivity contribution in [3.63, 3.8) is 0 Å². The topological polar surface area (TPSA) is 83.5 Å². The fraction of sp³-hybridized carbons (Fsp3) is 0.417. The van der Waals surface area contributed by atoms with E-state index in [-0.39, 0.29) is 0 Å². The number of halogens is 6. The van der Waals surface area contributed by atoms with Crippen LogP contribution in [0.5, 0.6) is 0 Å². The van der Waals surface area contributed by atoms with Crippen molar-refractivity contribution >= 4 is 16.1 Å². The second-order valence-electron chi connectivity index (χ2n) is 4.72. The lowest BCUT2D eigenvalue weighted by Gasteiger charge is -2.36. The number of carbonyl (C=O) groups is 1. The zero-order chi connectivity index (χ0) is 19.0. The maximum Gasteiger partial charge on any atom is 0.428 e. The fourth-order valence-electron chi connectivity index (χ4n) is 1.63. The summed E-state index contributed by atoms with van der Waals surface area (Å²) in [7, 11) is -5.58. The molecule has 0 saturated heterocycles. The third-order valence-electron chi connectivity index (χ3n) is 2.87. The molecule has 0 bridgehead atoms. The molecule has 0 amide bonds. The number of rotatable bonds is 5. The van der Waals surface area contributed by atoms with Gasteiger partial charge >= 0.3 is 12.4 Å². The van der Waals surface area contributed by atoms with E-state index in [4.69, 9.17) is 0 Å². The van der Waals surface area contributed by atoms with Crippen molar-refractivity contribution < 1.29 is 48.8 Å². The average molecular weight is 379 g/mol. The Labute approximate surface area is 132 Å². The minimum Gasteiger partial charge on any atom is -0.550 e. The van der Waals surface area contributed by atoms with Crippen LogP contribution in [0.15, 0.2) is 29.2 Å². The maximum absolute atomic E-state index is 12.9. The summed E-state index contributed by atoms with van der Waals surface area (Å²) in [4.78, 5) is 9.39. The van der Waals surface area contributed by atoms with Crippen molar-refractivity contribution in [2.75, 3.05) is 0 Å². The van der Waals surface area contributed by atoms with Crippen molar-refractivity contribution in [3.8, 4) is 0 Å². The number of aryl methyl sites for hydroxylation is 1. The van der Waals surface area contributed by atoms with Gasteiger partial charge in [0.2, 0.25) is 0 Å². The van der Waals surface area contributed by atoms with Crippen molar-refractivity contribution in [1.82, 2.24) is 0 Å². The lowest BCUT2D eigenvalue weighted by atomic mass is 9.98. The number of carboxylic acid groups (broad SMARTS) is 1. The highest BCUT2D eigenvalue weighted by atomic mass is 32.2. The average Bonchev–Trinajstić information content (AvgIpc) is 2.34. The van der Waals surface area contributed by atoms with Crippen LogP contribution >= 0.6 is 0 Å². The molecule has 0 spiro atoms. The van der Waals surface area contributed by atoms with Crippen molar-refractivity contribution in [1.29, 1.82) is 0 Å². The van der Waals surface area contributed by atoms with Crippen LogP contribution in [0.25, 0.3) is 0 Å². The summed E-state index contributed by atoms with van der Waals surface area (Å²) in [5.41, 5.74) is -5.00.